The molecule has 0 radical (unpaired) electrons. The van der Waals surface area contributed by atoms with Gasteiger partial charge < -0.3 is 16.0 Å². The molecule has 1 aliphatic carbocycles. The fraction of sp³-hybridized carbons (Fsp3) is 0.333. The van der Waals surface area contributed by atoms with Gasteiger partial charge in [-0.25, -0.2) is 4.39 Å². The van der Waals surface area contributed by atoms with Crippen molar-refractivity contribution in [2.75, 3.05) is 17.2 Å². The standard InChI is InChI=1S/C21H24FN3O2/c1-14(20(26)23-12-11-15-5-9-17(22)10-6-15)24-18-3-2-4-19(13-18)25-21(27)16-7-8-16/h2-6,9-10,13-14,16,24H,7-8,11-12H2,1H3,(H,23,26)(H,25,27). The summed E-state index contributed by atoms with van der Waals surface area (Å²) in [5.74, 6) is -0.188. The van der Waals surface area contributed by atoms with Crippen molar-refractivity contribution in [3.8, 4) is 0 Å². The van der Waals surface area contributed by atoms with Crippen LogP contribution in [0.1, 0.15) is 25.3 Å². The third-order valence-electron chi connectivity index (χ3n) is 4.48. The summed E-state index contributed by atoms with van der Waals surface area (Å²) in [6, 6.07) is 13.2. The van der Waals surface area contributed by atoms with Crippen LogP contribution in [-0.2, 0) is 16.0 Å². The lowest BCUT2D eigenvalue weighted by atomic mass is 10.1. The first kappa shape index (κ1) is 18.9. The van der Waals surface area contributed by atoms with Crippen molar-refractivity contribution in [2.24, 2.45) is 5.92 Å². The summed E-state index contributed by atoms with van der Waals surface area (Å²) in [5.41, 5.74) is 2.46. The van der Waals surface area contributed by atoms with Crippen LogP contribution in [0.4, 0.5) is 15.8 Å². The van der Waals surface area contributed by atoms with Gasteiger partial charge in [-0.1, -0.05) is 18.2 Å². The number of rotatable bonds is 8. The third kappa shape index (κ3) is 5.81. The maximum absolute atomic E-state index is 12.9. The number of hydrogen-bond donors (Lipinski definition) is 3. The highest BCUT2D eigenvalue weighted by Crippen LogP contribution is 2.30. The fourth-order valence-electron chi connectivity index (χ4n) is 2.73. The summed E-state index contributed by atoms with van der Waals surface area (Å²) >= 11 is 0. The molecule has 1 atom stereocenters. The number of hydrogen-bond acceptors (Lipinski definition) is 3. The first-order valence-corrected chi connectivity index (χ1v) is 9.21. The first-order chi connectivity index (χ1) is 13.0. The second-order valence-corrected chi connectivity index (χ2v) is 6.88. The second kappa shape index (κ2) is 8.66. The summed E-state index contributed by atoms with van der Waals surface area (Å²) in [5, 5.41) is 8.91. The Hall–Kier alpha value is -2.89. The Kier molecular flexibility index (Phi) is 6.06. The lowest BCUT2D eigenvalue weighted by Gasteiger charge is -2.16. The van der Waals surface area contributed by atoms with E-state index in [-0.39, 0.29) is 23.5 Å². The highest BCUT2D eigenvalue weighted by Gasteiger charge is 2.29. The van der Waals surface area contributed by atoms with Crippen LogP contribution in [-0.4, -0.2) is 24.4 Å². The third-order valence-corrected chi connectivity index (χ3v) is 4.48. The highest BCUT2D eigenvalue weighted by atomic mass is 19.1. The van der Waals surface area contributed by atoms with Crippen molar-refractivity contribution in [3.63, 3.8) is 0 Å². The molecule has 0 aromatic heterocycles. The van der Waals surface area contributed by atoms with Gasteiger partial charge >= 0.3 is 0 Å². The number of carbonyl (C=O) groups excluding carboxylic acids is 2. The Morgan fingerprint density at radius 2 is 1.81 bits per heavy atom. The number of benzene rings is 2. The highest BCUT2D eigenvalue weighted by molar-refractivity contribution is 5.94. The molecule has 2 amide bonds. The molecule has 142 valence electrons. The molecular weight excluding hydrogens is 345 g/mol. The number of anilines is 2. The van der Waals surface area contributed by atoms with Gasteiger partial charge in [-0.3, -0.25) is 9.59 Å². The van der Waals surface area contributed by atoms with Gasteiger partial charge in [-0.15, -0.1) is 0 Å². The molecule has 2 aromatic carbocycles. The van der Waals surface area contributed by atoms with E-state index >= 15 is 0 Å². The van der Waals surface area contributed by atoms with E-state index in [1.165, 1.54) is 12.1 Å². The maximum atomic E-state index is 12.9. The van der Waals surface area contributed by atoms with Crippen LogP contribution >= 0.6 is 0 Å². The molecular formula is C21H24FN3O2. The molecule has 0 spiro atoms. The molecule has 27 heavy (non-hydrogen) atoms. The van der Waals surface area contributed by atoms with Gasteiger partial charge in [-0.05, 0) is 62.1 Å². The lowest BCUT2D eigenvalue weighted by Crippen LogP contribution is -2.38. The van der Waals surface area contributed by atoms with Crippen LogP contribution in [0.5, 0.6) is 0 Å². The van der Waals surface area contributed by atoms with Gasteiger partial charge in [0.1, 0.15) is 11.9 Å². The van der Waals surface area contributed by atoms with E-state index in [1.54, 1.807) is 19.1 Å². The van der Waals surface area contributed by atoms with E-state index in [4.69, 9.17) is 0 Å². The van der Waals surface area contributed by atoms with Crippen LogP contribution in [0, 0.1) is 11.7 Å². The number of halogens is 1. The summed E-state index contributed by atoms with van der Waals surface area (Å²) < 4.78 is 12.9. The van der Waals surface area contributed by atoms with Gasteiger partial charge in [0.2, 0.25) is 11.8 Å². The topological polar surface area (TPSA) is 70.2 Å². The van der Waals surface area contributed by atoms with E-state index in [0.29, 0.717) is 13.0 Å². The minimum atomic E-state index is -0.424. The Balaban J connectivity index is 1.45. The van der Waals surface area contributed by atoms with Crippen molar-refractivity contribution in [1.29, 1.82) is 0 Å². The molecule has 3 rings (SSSR count). The second-order valence-electron chi connectivity index (χ2n) is 6.88. The van der Waals surface area contributed by atoms with Crippen LogP contribution in [0.2, 0.25) is 0 Å². The maximum Gasteiger partial charge on any atom is 0.242 e. The number of carbonyl (C=O) groups is 2. The van der Waals surface area contributed by atoms with Crippen molar-refractivity contribution in [2.45, 2.75) is 32.2 Å². The molecule has 0 bridgehead atoms. The van der Waals surface area contributed by atoms with Crippen LogP contribution < -0.4 is 16.0 Å². The van der Waals surface area contributed by atoms with Crippen molar-refractivity contribution >= 4 is 23.2 Å². The molecule has 1 unspecified atom stereocenters. The van der Waals surface area contributed by atoms with E-state index in [0.717, 1.165) is 29.8 Å². The lowest BCUT2D eigenvalue weighted by molar-refractivity contribution is -0.121. The summed E-state index contributed by atoms with van der Waals surface area (Å²) in [6.07, 6.45) is 2.55. The van der Waals surface area contributed by atoms with Crippen molar-refractivity contribution < 1.29 is 14.0 Å². The fourth-order valence-corrected chi connectivity index (χ4v) is 2.73. The van der Waals surface area contributed by atoms with E-state index < -0.39 is 6.04 Å². The van der Waals surface area contributed by atoms with E-state index in [9.17, 15) is 14.0 Å². The van der Waals surface area contributed by atoms with Gasteiger partial charge in [0, 0.05) is 23.8 Å². The number of nitrogens with one attached hydrogen (secondary N) is 3. The summed E-state index contributed by atoms with van der Waals surface area (Å²) in [4.78, 5) is 24.1. The molecule has 1 aliphatic rings. The normalized spacial score (nSPS) is 14.3. The largest absolute Gasteiger partial charge is 0.374 e. The van der Waals surface area contributed by atoms with Crippen molar-refractivity contribution in [1.82, 2.24) is 5.32 Å². The minimum Gasteiger partial charge on any atom is -0.374 e. The first-order valence-electron chi connectivity index (χ1n) is 9.21. The molecule has 5 nitrogen and oxygen atoms in total. The zero-order chi connectivity index (χ0) is 19.2. The van der Waals surface area contributed by atoms with Gasteiger partial charge in [0.05, 0.1) is 0 Å². The Morgan fingerprint density at radius 3 is 2.52 bits per heavy atom. The molecule has 1 fully saturated rings. The van der Waals surface area contributed by atoms with Crippen LogP contribution in [0.3, 0.4) is 0 Å². The zero-order valence-corrected chi connectivity index (χ0v) is 15.3. The molecule has 1 saturated carbocycles. The SMILES string of the molecule is CC(Nc1cccc(NC(=O)C2CC2)c1)C(=O)NCCc1ccc(F)cc1. The Bertz CT molecular complexity index is 803. The van der Waals surface area contributed by atoms with Crippen molar-refractivity contribution in [3.05, 3.63) is 59.9 Å². The smallest absolute Gasteiger partial charge is 0.242 e. The predicted octanol–water partition coefficient (Wildman–Crippen LogP) is 3.33. The van der Waals surface area contributed by atoms with E-state index in [2.05, 4.69) is 16.0 Å². The molecule has 6 heteroatoms. The average Bonchev–Trinajstić information content (AvgIpc) is 3.49. The quantitative estimate of drug-likeness (QED) is 0.668. The minimum absolute atomic E-state index is 0.0544. The Labute approximate surface area is 158 Å². The molecule has 0 saturated heterocycles. The Morgan fingerprint density at radius 1 is 1.11 bits per heavy atom. The average molecular weight is 369 g/mol. The summed E-state index contributed by atoms with van der Waals surface area (Å²) in [6.45, 7) is 2.26. The van der Waals surface area contributed by atoms with Crippen LogP contribution in [0.25, 0.3) is 0 Å². The van der Waals surface area contributed by atoms with E-state index in [1.807, 2.05) is 24.3 Å². The van der Waals surface area contributed by atoms with Gasteiger partial charge in [0.25, 0.3) is 0 Å². The molecule has 3 N–H and O–H groups in total. The summed E-state index contributed by atoms with van der Waals surface area (Å²) in [7, 11) is 0. The monoisotopic (exact) mass is 369 g/mol. The zero-order valence-electron chi connectivity index (χ0n) is 15.3. The van der Waals surface area contributed by atoms with Crippen LogP contribution in [0.15, 0.2) is 48.5 Å². The van der Waals surface area contributed by atoms with Gasteiger partial charge in [-0.2, -0.15) is 0 Å². The molecule has 0 aliphatic heterocycles. The number of amides is 2. The molecule has 2 aromatic rings. The molecule has 0 heterocycles. The van der Waals surface area contributed by atoms with Gasteiger partial charge in [0.15, 0.2) is 0 Å². The predicted molar refractivity (Wildman–Crippen MR) is 104 cm³/mol.